The molecule has 2 aromatic rings. The van der Waals surface area contributed by atoms with Crippen molar-refractivity contribution in [3.05, 3.63) is 52.6 Å². The van der Waals surface area contributed by atoms with Gasteiger partial charge < -0.3 is 15.0 Å². The predicted molar refractivity (Wildman–Crippen MR) is 93.8 cm³/mol. The lowest BCUT2D eigenvalue weighted by Crippen LogP contribution is -2.21. The molecule has 0 aromatic heterocycles. The van der Waals surface area contributed by atoms with E-state index < -0.39 is 17.5 Å². The molecule has 0 radical (unpaired) electrons. The molecule has 0 bridgehead atoms. The van der Waals surface area contributed by atoms with Crippen LogP contribution in [-0.2, 0) is 0 Å². The summed E-state index contributed by atoms with van der Waals surface area (Å²) in [7, 11) is 1.41. The Hall–Kier alpha value is -2.34. The Morgan fingerprint density at radius 2 is 1.80 bits per heavy atom. The Morgan fingerprint density at radius 1 is 1.16 bits per heavy atom. The Labute approximate surface area is 149 Å². The minimum Gasteiger partial charge on any atom is -0.496 e. The zero-order chi connectivity index (χ0) is 18.0. The van der Waals surface area contributed by atoms with Gasteiger partial charge in [0.05, 0.1) is 12.7 Å². The summed E-state index contributed by atoms with van der Waals surface area (Å²) in [5.74, 6) is -1.65. The molecule has 1 N–H and O–H groups in total. The highest BCUT2D eigenvalue weighted by atomic mass is 35.5. The van der Waals surface area contributed by atoms with Crippen LogP contribution in [0.2, 0.25) is 5.02 Å². The highest BCUT2D eigenvalue weighted by Crippen LogP contribution is 2.30. The molecule has 2 aromatic carbocycles. The van der Waals surface area contributed by atoms with Gasteiger partial charge in [-0.2, -0.15) is 0 Å². The summed E-state index contributed by atoms with van der Waals surface area (Å²) in [6.07, 6.45) is 1.82. The molecular weight excluding hydrogens is 350 g/mol. The smallest absolute Gasteiger partial charge is 0.259 e. The minimum absolute atomic E-state index is 0.0416. The number of carbonyl (C=O) groups excluding carboxylic acids is 1. The summed E-state index contributed by atoms with van der Waals surface area (Å²) in [5, 5.41) is 2.91. The number of nitrogens with one attached hydrogen (secondary N) is 1. The first-order valence-electron chi connectivity index (χ1n) is 7.88. The predicted octanol–water partition coefficient (Wildman–Crippen LogP) is 4.48. The van der Waals surface area contributed by atoms with E-state index in [1.807, 2.05) is 0 Å². The normalized spacial score (nSPS) is 13.8. The number of ether oxygens (including phenoxy) is 1. The van der Waals surface area contributed by atoms with Crippen LogP contribution >= 0.6 is 11.6 Å². The molecule has 0 aliphatic carbocycles. The lowest BCUT2D eigenvalue weighted by molar-refractivity contribution is 0.102. The van der Waals surface area contributed by atoms with Crippen LogP contribution in [-0.4, -0.2) is 26.1 Å². The van der Waals surface area contributed by atoms with Gasteiger partial charge >= 0.3 is 0 Å². The van der Waals surface area contributed by atoms with Gasteiger partial charge in [-0.25, -0.2) is 8.78 Å². The van der Waals surface area contributed by atoms with E-state index in [1.54, 1.807) is 4.90 Å². The average Bonchev–Trinajstić information content (AvgIpc) is 3.08. The maximum Gasteiger partial charge on any atom is 0.259 e. The van der Waals surface area contributed by atoms with Crippen molar-refractivity contribution in [1.29, 1.82) is 0 Å². The van der Waals surface area contributed by atoms with Crippen LogP contribution in [0.3, 0.4) is 0 Å². The van der Waals surface area contributed by atoms with Gasteiger partial charge in [-0.15, -0.1) is 0 Å². The van der Waals surface area contributed by atoms with Crippen molar-refractivity contribution < 1.29 is 18.3 Å². The summed E-state index contributed by atoms with van der Waals surface area (Å²) in [6, 6.07) is 6.76. The molecule has 0 spiro atoms. The number of benzene rings is 2. The first kappa shape index (κ1) is 17.5. The average molecular weight is 367 g/mol. The van der Waals surface area contributed by atoms with Gasteiger partial charge in [-0.1, -0.05) is 11.6 Å². The van der Waals surface area contributed by atoms with Gasteiger partial charge in [0.15, 0.2) is 11.6 Å². The molecule has 1 aliphatic heterocycles. The molecule has 25 heavy (non-hydrogen) atoms. The highest BCUT2D eigenvalue weighted by Gasteiger charge is 2.22. The third-order valence-electron chi connectivity index (χ3n) is 4.11. The van der Waals surface area contributed by atoms with Crippen molar-refractivity contribution in [3.8, 4) is 5.75 Å². The standard InChI is InChI=1S/C18H17ClF2N2O2/c1-25-16-8-11(19)4-5-13(16)18(24)22-12-9-14(20)17(15(21)10-12)23-6-2-3-7-23/h4-5,8-10H,2-3,6-7H2,1H3,(H,22,24). The van der Waals surface area contributed by atoms with Gasteiger partial charge in [-0.3, -0.25) is 4.79 Å². The molecule has 0 unspecified atom stereocenters. The largest absolute Gasteiger partial charge is 0.496 e. The number of hydrogen-bond donors (Lipinski definition) is 1. The van der Waals surface area contributed by atoms with Crippen molar-refractivity contribution in [1.82, 2.24) is 0 Å². The van der Waals surface area contributed by atoms with Gasteiger partial charge in [-0.05, 0) is 43.2 Å². The van der Waals surface area contributed by atoms with Crippen LogP contribution in [0.25, 0.3) is 0 Å². The fourth-order valence-corrected chi connectivity index (χ4v) is 3.09. The van der Waals surface area contributed by atoms with Crippen molar-refractivity contribution >= 4 is 28.9 Å². The second-order valence-electron chi connectivity index (χ2n) is 5.78. The number of carbonyl (C=O) groups is 1. The number of anilines is 2. The Bertz CT molecular complexity index is 785. The molecule has 0 atom stereocenters. The molecule has 3 rings (SSSR count). The van der Waals surface area contributed by atoms with E-state index in [0.29, 0.717) is 18.1 Å². The zero-order valence-electron chi connectivity index (χ0n) is 13.6. The Balaban J connectivity index is 1.84. The number of amides is 1. The third kappa shape index (κ3) is 3.69. The van der Waals surface area contributed by atoms with E-state index in [2.05, 4.69) is 5.32 Å². The Kier molecular flexibility index (Phi) is 5.08. The van der Waals surface area contributed by atoms with E-state index in [9.17, 15) is 13.6 Å². The van der Waals surface area contributed by atoms with Crippen LogP contribution in [0, 0.1) is 11.6 Å². The maximum atomic E-state index is 14.3. The van der Waals surface area contributed by atoms with E-state index in [1.165, 1.54) is 25.3 Å². The summed E-state index contributed by atoms with van der Waals surface area (Å²) in [5.41, 5.74) is 0.218. The van der Waals surface area contributed by atoms with Crippen LogP contribution in [0.15, 0.2) is 30.3 Å². The lowest BCUT2D eigenvalue weighted by Gasteiger charge is -2.20. The number of hydrogen-bond acceptors (Lipinski definition) is 3. The number of rotatable bonds is 4. The molecule has 132 valence electrons. The van der Waals surface area contributed by atoms with E-state index in [0.717, 1.165) is 25.0 Å². The van der Waals surface area contributed by atoms with Crippen LogP contribution in [0.1, 0.15) is 23.2 Å². The van der Waals surface area contributed by atoms with E-state index >= 15 is 0 Å². The molecule has 1 heterocycles. The SMILES string of the molecule is COc1cc(Cl)ccc1C(=O)Nc1cc(F)c(N2CCCC2)c(F)c1. The van der Waals surface area contributed by atoms with Gasteiger partial charge in [0.1, 0.15) is 11.4 Å². The molecule has 0 saturated carbocycles. The quantitative estimate of drug-likeness (QED) is 0.867. The van der Waals surface area contributed by atoms with E-state index in [-0.39, 0.29) is 22.7 Å². The summed E-state index contributed by atoms with van der Waals surface area (Å²) >= 11 is 5.87. The maximum absolute atomic E-state index is 14.3. The van der Waals surface area contributed by atoms with Crippen molar-refractivity contribution in [2.24, 2.45) is 0 Å². The first-order chi connectivity index (χ1) is 12.0. The molecule has 1 aliphatic rings. The van der Waals surface area contributed by atoms with Crippen molar-refractivity contribution in [2.45, 2.75) is 12.8 Å². The summed E-state index contributed by atoms with van der Waals surface area (Å²) in [6.45, 7) is 1.25. The fourth-order valence-electron chi connectivity index (χ4n) is 2.93. The molecule has 7 heteroatoms. The number of nitrogens with zero attached hydrogens (tertiary/aromatic N) is 1. The Morgan fingerprint density at radius 3 is 2.40 bits per heavy atom. The second kappa shape index (κ2) is 7.27. The summed E-state index contributed by atoms with van der Waals surface area (Å²) in [4.78, 5) is 14.1. The number of methoxy groups -OCH3 is 1. The highest BCUT2D eigenvalue weighted by molar-refractivity contribution is 6.31. The molecule has 1 saturated heterocycles. The summed E-state index contributed by atoms with van der Waals surface area (Å²) < 4.78 is 33.8. The lowest BCUT2D eigenvalue weighted by atomic mass is 10.1. The van der Waals surface area contributed by atoms with Crippen LogP contribution < -0.4 is 15.0 Å². The van der Waals surface area contributed by atoms with Gasteiger partial charge in [0.25, 0.3) is 5.91 Å². The van der Waals surface area contributed by atoms with Crippen molar-refractivity contribution in [3.63, 3.8) is 0 Å². The monoisotopic (exact) mass is 366 g/mol. The van der Waals surface area contributed by atoms with Gasteiger partial charge in [0, 0.05) is 23.8 Å². The zero-order valence-corrected chi connectivity index (χ0v) is 14.4. The third-order valence-corrected chi connectivity index (χ3v) is 4.34. The van der Waals surface area contributed by atoms with Gasteiger partial charge in [0.2, 0.25) is 0 Å². The minimum atomic E-state index is -0.694. The first-order valence-corrected chi connectivity index (χ1v) is 8.26. The molecule has 4 nitrogen and oxygen atoms in total. The fraction of sp³-hybridized carbons (Fsp3) is 0.278. The molecular formula is C18H17ClF2N2O2. The topological polar surface area (TPSA) is 41.6 Å². The second-order valence-corrected chi connectivity index (χ2v) is 6.22. The van der Waals surface area contributed by atoms with Crippen molar-refractivity contribution in [2.75, 3.05) is 30.4 Å². The molecule has 1 fully saturated rings. The number of halogens is 3. The van der Waals surface area contributed by atoms with Crippen LogP contribution in [0.4, 0.5) is 20.2 Å². The van der Waals surface area contributed by atoms with Crippen LogP contribution in [0.5, 0.6) is 5.75 Å². The van der Waals surface area contributed by atoms with E-state index in [4.69, 9.17) is 16.3 Å². The molecule has 1 amide bonds.